The molecule has 0 spiro atoms. The number of hydrogen-bond donors (Lipinski definition) is 1. The molecule has 0 saturated heterocycles. The second-order valence-corrected chi connectivity index (χ2v) is 6.18. The van der Waals surface area contributed by atoms with Gasteiger partial charge in [0, 0.05) is 17.2 Å². The number of carbonyl (C=O) groups excluding carboxylic acids is 1. The quantitative estimate of drug-likeness (QED) is 0.415. The number of halogens is 2. The van der Waals surface area contributed by atoms with Crippen LogP contribution in [0, 0.1) is 10.1 Å². The van der Waals surface area contributed by atoms with Gasteiger partial charge in [-0.05, 0) is 36.8 Å². The summed E-state index contributed by atoms with van der Waals surface area (Å²) in [5.41, 5.74) is 3.49. The second-order valence-electron chi connectivity index (χ2n) is 5.34. The SMILES string of the molecule is CC(/C=C/c1cccc([N+](=O)[O-])c1)=N\NC(=O)COc1ccc(Cl)cc1Cl. The molecule has 2 rings (SSSR count). The van der Waals surface area contributed by atoms with Gasteiger partial charge in [-0.15, -0.1) is 0 Å². The molecule has 1 N–H and O–H groups in total. The van der Waals surface area contributed by atoms with Gasteiger partial charge in [-0.1, -0.05) is 41.4 Å². The van der Waals surface area contributed by atoms with E-state index in [1.807, 2.05) is 0 Å². The number of hydrazone groups is 1. The topological polar surface area (TPSA) is 93.8 Å². The minimum absolute atomic E-state index is 0.00180. The van der Waals surface area contributed by atoms with Crippen LogP contribution in [0.3, 0.4) is 0 Å². The molecule has 0 atom stereocenters. The Hall–Kier alpha value is -2.90. The summed E-state index contributed by atoms with van der Waals surface area (Å²) in [6.45, 7) is 1.40. The lowest BCUT2D eigenvalue weighted by Gasteiger charge is -2.07. The van der Waals surface area contributed by atoms with Crippen molar-refractivity contribution in [2.24, 2.45) is 5.10 Å². The van der Waals surface area contributed by atoms with Gasteiger partial charge < -0.3 is 4.74 Å². The Morgan fingerprint density at radius 1 is 1.30 bits per heavy atom. The highest BCUT2D eigenvalue weighted by Crippen LogP contribution is 2.27. The van der Waals surface area contributed by atoms with E-state index in [0.717, 1.165) is 0 Å². The minimum atomic E-state index is -0.468. The van der Waals surface area contributed by atoms with Gasteiger partial charge in [0.05, 0.1) is 15.7 Å². The lowest BCUT2D eigenvalue weighted by molar-refractivity contribution is -0.384. The summed E-state index contributed by atoms with van der Waals surface area (Å²) in [6, 6.07) is 10.8. The Balaban J connectivity index is 1.88. The van der Waals surface area contributed by atoms with E-state index in [0.29, 0.717) is 27.1 Å². The highest BCUT2D eigenvalue weighted by Gasteiger charge is 2.06. The fourth-order valence-electron chi connectivity index (χ4n) is 1.91. The van der Waals surface area contributed by atoms with Crippen LogP contribution >= 0.6 is 23.2 Å². The van der Waals surface area contributed by atoms with Crippen LogP contribution in [0.15, 0.2) is 53.6 Å². The molecule has 0 heterocycles. The van der Waals surface area contributed by atoms with Crippen LogP contribution in [0.4, 0.5) is 5.69 Å². The first-order chi connectivity index (χ1) is 12.8. The van der Waals surface area contributed by atoms with E-state index in [9.17, 15) is 14.9 Å². The average Bonchev–Trinajstić information content (AvgIpc) is 2.64. The molecular formula is C18H15Cl2N3O4. The maximum atomic E-state index is 11.8. The third-order valence-electron chi connectivity index (χ3n) is 3.21. The number of allylic oxidation sites excluding steroid dienone is 1. The molecule has 0 radical (unpaired) electrons. The van der Waals surface area contributed by atoms with Gasteiger partial charge in [0.2, 0.25) is 0 Å². The summed E-state index contributed by atoms with van der Waals surface area (Å²) in [5.74, 6) is -0.133. The van der Waals surface area contributed by atoms with Gasteiger partial charge >= 0.3 is 0 Å². The molecule has 140 valence electrons. The standard InChI is InChI=1S/C18H15Cl2N3O4/c1-12(5-6-13-3-2-4-15(9-13)23(25)26)21-22-18(24)11-27-17-8-7-14(19)10-16(17)20/h2-10H,11H2,1H3,(H,22,24)/b6-5+,21-12+. The number of nitro benzene ring substituents is 1. The summed E-state index contributed by atoms with van der Waals surface area (Å²) in [7, 11) is 0. The number of ether oxygens (including phenoxy) is 1. The first-order valence-electron chi connectivity index (χ1n) is 7.68. The van der Waals surface area contributed by atoms with Gasteiger partial charge in [-0.2, -0.15) is 5.10 Å². The van der Waals surface area contributed by atoms with Gasteiger partial charge in [-0.25, -0.2) is 5.43 Å². The van der Waals surface area contributed by atoms with Crippen LogP contribution in [0.5, 0.6) is 5.75 Å². The molecule has 0 bridgehead atoms. The molecule has 1 amide bonds. The number of carbonyl (C=O) groups is 1. The zero-order chi connectivity index (χ0) is 19.8. The molecule has 2 aromatic carbocycles. The lowest BCUT2D eigenvalue weighted by Crippen LogP contribution is -2.25. The number of nitrogens with one attached hydrogen (secondary N) is 1. The van der Waals surface area contributed by atoms with E-state index in [1.165, 1.54) is 18.2 Å². The van der Waals surface area contributed by atoms with Crippen LogP contribution in [0.1, 0.15) is 12.5 Å². The summed E-state index contributed by atoms with van der Waals surface area (Å²) >= 11 is 11.7. The lowest BCUT2D eigenvalue weighted by atomic mass is 10.2. The van der Waals surface area contributed by atoms with Crippen LogP contribution < -0.4 is 10.2 Å². The van der Waals surface area contributed by atoms with Crippen LogP contribution in [-0.4, -0.2) is 23.1 Å². The number of hydrogen-bond acceptors (Lipinski definition) is 5. The predicted molar refractivity (Wildman–Crippen MR) is 105 cm³/mol. The van der Waals surface area contributed by atoms with Gasteiger partial charge in [0.1, 0.15) is 5.75 Å². The minimum Gasteiger partial charge on any atom is -0.482 e. The molecule has 0 fully saturated rings. The predicted octanol–water partition coefficient (Wildman–Crippen LogP) is 4.49. The van der Waals surface area contributed by atoms with Crippen molar-refractivity contribution >= 4 is 46.6 Å². The van der Waals surface area contributed by atoms with E-state index in [4.69, 9.17) is 27.9 Å². The van der Waals surface area contributed by atoms with Gasteiger partial charge in [0.25, 0.3) is 11.6 Å². The second kappa shape index (κ2) is 9.70. The number of amides is 1. The number of non-ortho nitro benzene ring substituents is 1. The Morgan fingerprint density at radius 2 is 2.07 bits per heavy atom. The Kier molecular flexibility index (Phi) is 7.34. The number of nitro groups is 1. The summed E-state index contributed by atoms with van der Waals surface area (Å²) in [4.78, 5) is 22.1. The molecule has 27 heavy (non-hydrogen) atoms. The van der Waals surface area contributed by atoms with Crippen molar-refractivity contribution in [3.63, 3.8) is 0 Å². The molecule has 0 aliphatic heterocycles. The van der Waals surface area contributed by atoms with Crippen LogP contribution in [0.25, 0.3) is 6.08 Å². The van der Waals surface area contributed by atoms with E-state index in [-0.39, 0.29) is 12.3 Å². The number of nitrogens with zero attached hydrogens (tertiary/aromatic N) is 2. The first-order valence-corrected chi connectivity index (χ1v) is 8.44. The highest BCUT2D eigenvalue weighted by molar-refractivity contribution is 6.35. The van der Waals surface area contributed by atoms with Crippen molar-refractivity contribution in [1.82, 2.24) is 5.43 Å². The third kappa shape index (κ3) is 6.73. The average molecular weight is 408 g/mol. The normalized spacial score (nSPS) is 11.4. The molecule has 0 aromatic heterocycles. The smallest absolute Gasteiger partial charge is 0.277 e. The Bertz CT molecular complexity index is 913. The largest absolute Gasteiger partial charge is 0.482 e. The first kappa shape index (κ1) is 20.4. The van der Waals surface area contributed by atoms with Crippen molar-refractivity contribution in [2.45, 2.75) is 6.92 Å². The summed E-state index contributed by atoms with van der Waals surface area (Å²) < 4.78 is 5.30. The van der Waals surface area contributed by atoms with Crippen molar-refractivity contribution in [3.05, 3.63) is 74.3 Å². The maximum Gasteiger partial charge on any atom is 0.277 e. The summed E-state index contributed by atoms with van der Waals surface area (Å²) in [6.07, 6.45) is 3.28. The molecule has 7 nitrogen and oxygen atoms in total. The highest BCUT2D eigenvalue weighted by atomic mass is 35.5. The Labute approximate surface area is 165 Å². The molecule has 9 heteroatoms. The Morgan fingerprint density at radius 3 is 2.78 bits per heavy atom. The monoisotopic (exact) mass is 407 g/mol. The van der Waals surface area contributed by atoms with Crippen molar-refractivity contribution in [2.75, 3.05) is 6.61 Å². The third-order valence-corrected chi connectivity index (χ3v) is 3.74. The van der Waals surface area contributed by atoms with E-state index >= 15 is 0 Å². The van der Waals surface area contributed by atoms with Crippen molar-refractivity contribution < 1.29 is 14.5 Å². The van der Waals surface area contributed by atoms with Gasteiger partial charge in [-0.3, -0.25) is 14.9 Å². The fourth-order valence-corrected chi connectivity index (χ4v) is 2.38. The zero-order valence-corrected chi connectivity index (χ0v) is 15.7. The number of rotatable bonds is 7. The maximum absolute atomic E-state index is 11.8. The van der Waals surface area contributed by atoms with Crippen molar-refractivity contribution in [3.8, 4) is 5.75 Å². The van der Waals surface area contributed by atoms with Crippen LogP contribution in [-0.2, 0) is 4.79 Å². The van der Waals surface area contributed by atoms with E-state index in [2.05, 4.69) is 10.5 Å². The number of benzene rings is 2. The molecule has 0 aliphatic carbocycles. The molecule has 0 aliphatic rings. The van der Waals surface area contributed by atoms with E-state index in [1.54, 1.807) is 43.3 Å². The molecule has 0 saturated carbocycles. The molecular weight excluding hydrogens is 393 g/mol. The molecule has 2 aromatic rings. The van der Waals surface area contributed by atoms with Crippen LogP contribution in [0.2, 0.25) is 10.0 Å². The summed E-state index contributed by atoms with van der Waals surface area (Å²) in [5, 5.41) is 15.4. The molecule has 0 unspecified atom stereocenters. The zero-order valence-electron chi connectivity index (χ0n) is 14.2. The fraction of sp³-hybridized carbons (Fsp3) is 0.111. The van der Waals surface area contributed by atoms with Crippen molar-refractivity contribution in [1.29, 1.82) is 0 Å². The van der Waals surface area contributed by atoms with E-state index < -0.39 is 10.8 Å². The van der Waals surface area contributed by atoms with Gasteiger partial charge in [0.15, 0.2) is 6.61 Å².